The smallest absolute Gasteiger partial charge is 0.317 e. The molecule has 2 unspecified atom stereocenters. The summed E-state index contributed by atoms with van der Waals surface area (Å²) >= 11 is 5.94. The highest BCUT2D eigenvalue weighted by Crippen LogP contribution is 2.45. The van der Waals surface area contributed by atoms with E-state index in [1.807, 2.05) is 12.1 Å². The van der Waals surface area contributed by atoms with Crippen LogP contribution in [0.1, 0.15) is 57.4 Å². The summed E-state index contributed by atoms with van der Waals surface area (Å²) < 4.78 is 5.39. The van der Waals surface area contributed by atoms with Crippen molar-refractivity contribution in [3.8, 4) is 0 Å². The second-order valence-corrected chi connectivity index (χ2v) is 7.89. The molecule has 0 heterocycles. The summed E-state index contributed by atoms with van der Waals surface area (Å²) in [5, 5.41) is 3.67. The van der Waals surface area contributed by atoms with Crippen molar-refractivity contribution in [3.63, 3.8) is 0 Å². The lowest BCUT2D eigenvalue weighted by molar-refractivity contribution is -0.158. The average molecular weight is 364 g/mol. The molecule has 2 atom stereocenters. The lowest BCUT2D eigenvalue weighted by atomic mass is 9.64. The van der Waals surface area contributed by atoms with Crippen LogP contribution in [-0.2, 0) is 19.7 Å². The van der Waals surface area contributed by atoms with Gasteiger partial charge in [0, 0.05) is 11.1 Å². The molecule has 0 bridgehead atoms. The number of benzene rings is 1. The second-order valence-electron chi connectivity index (χ2n) is 7.45. The molecule has 2 aliphatic carbocycles. The Kier molecular flexibility index (Phi) is 5.67. The molecule has 2 aliphatic rings. The van der Waals surface area contributed by atoms with Gasteiger partial charge in [-0.3, -0.25) is 9.59 Å². The first-order chi connectivity index (χ1) is 12.0. The molecule has 0 saturated heterocycles. The second kappa shape index (κ2) is 7.77. The van der Waals surface area contributed by atoms with Crippen LogP contribution in [0.15, 0.2) is 24.3 Å². The highest BCUT2D eigenvalue weighted by atomic mass is 35.5. The highest BCUT2D eigenvalue weighted by molar-refractivity contribution is 6.30. The zero-order valence-electron chi connectivity index (χ0n) is 14.7. The molecule has 2 fully saturated rings. The van der Waals surface area contributed by atoms with Gasteiger partial charge >= 0.3 is 5.97 Å². The Morgan fingerprint density at radius 3 is 2.44 bits per heavy atom. The Morgan fingerprint density at radius 1 is 1.16 bits per heavy atom. The predicted molar refractivity (Wildman–Crippen MR) is 97.5 cm³/mol. The Balaban J connectivity index is 1.55. The summed E-state index contributed by atoms with van der Waals surface area (Å²) in [5.41, 5.74) is 0.317. The fourth-order valence-electron chi connectivity index (χ4n) is 3.96. The van der Waals surface area contributed by atoms with Crippen molar-refractivity contribution in [2.24, 2.45) is 5.92 Å². The number of rotatable bonds is 5. The number of amides is 1. The number of halogens is 1. The maximum atomic E-state index is 12.7. The zero-order chi connectivity index (χ0) is 17.9. The maximum Gasteiger partial charge on any atom is 0.317 e. The minimum atomic E-state index is -0.608. The number of carbonyl (C=O) groups is 2. The lowest BCUT2D eigenvalue weighted by Crippen LogP contribution is -2.46. The molecule has 0 aromatic heterocycles. The van der Waals surface area contributed by atoms with Gasteiger partial charge in [-0.05, 0) is 49.3 Å². The van der Waals surface area contributed by atoms with E-state index >= 15 is 0 Å². The molecule has 136 valence electrons. The number of hydrogen-bond acceptors (Lipinski definition) is 3. The molecule has 0 spiro atoms. The zero-order valence-corrected chi connectivity index (χ0v) is 15.5. The molecule has 1 aromatic carbocycles. The number of carbonyl (C=O) groups excluding carboxylic acids is 2. The van der Waals surface area contributed by atoms with E-state index in [-0.39, 0.29) is 24.5 Å². The Bertz CT molecular complexity index is 624. The summed E-state index contributed by atoms with van der Waals surface area (Å²) in [6.07, 6.45) is 7.04. The topological polar surface area (TPSA) is 55.4 Å². The average Bonchev–Trinajstić information content (AvgIpc) is 2.56. The number of nitrogens with one attached hydrogen (secondary N) is 1. The summed E-state index contributed by atoms with van der Waals surface area (Å²) in [6, 6.07) is 7.55. The number of hydrogen-bond donors (Lipinski definition) is 1. The first-order valence-corrected chi connectivity index (χ1v) is 9.62. The normalized spacial score (nSPS) is 24.9. The van der Waals surface area contributed by atoms with Gasteiger partial charge in [-0.1, -0.05) is 49.9 Å². The van der Waals surface area contributed by atoms with Crippen molar-refractivity contribution in [1.29, 1.82) is 0 Å². The van der Waals surface area contributed by atoms with E-state index < -0.39 is 5.41 Å². The van der Waals surface area contributed by atoms with Gasteiger partial charge in [0.1, 0.15) is 0 Å². The van der Waals surface area contributed by atoms with E-state index in [4.69, 9.17) is 16.3 Å². The van der Waals surface area contributed by atoms with Gasteiger partial charge in [0.25, 0.3) is 5.91 Å². The van der Waals surface area contributed by atoms with Crippen molar-refractivity contribution in [1.82, 2.24) is 5.32 Å². The predicted octanol–water partition coefficient (Wildman–Crippen LogP) is 4.00. The van der Waals surface area contributed by atoms with Crippen LogP contribution < -0.4 is 5.32 Å². The summed E-state index contributed by atoms with van der Waals surface area (Å²) in [7, 11) is 0. The fraction of sp³-hybridized carbons (Fsp3) is 0.600. The van der Waals surface area contributed by atoms with Crippen LogP contribution in [0.3, 0.4) is 0 Å². The molecule has 3 rings (SSSR count). The van der Waals surface area contributed by atoms with Crippen LogP contribution in [0.25, 0.3) is 0 Å². The maximum absolute atomic E-state index is 12.7. The standard InChI is InChI=1S/C20H26ClNO3/c1-14-5-2-3-6-17(14)22-18(23)13-25-19(24)20(11-4-12-20)15-7-9-16(21)10-8-15/h7-10,14,17H,2-6,11-13H2,1H3,(H,22,23). The van der Waals surface area contributed by atoms with Gasteiger partial charge in [0.05, 0.1) is 5.41 Å². The van der Waals surface area contributed by atoms with Gasteiger partial charge in [-0.25, -0.2) is 0 Å². The van der Waals surface area contributed by atoms with Crippen LogP contribution in [0.2, 0.25) is 5.02 Å². The fourth-order valence-corrected chi connectivity index (χ4v) is 4.08. The van der Waals surface area contributed by atoms with Crippen molar-refractivity contribution >= 4 is 23.5 Å². The molecule has 1 N–H and O–H groups in total. The molecule has 0 aliphatic heterocycles. The van der Waals surface area contributed by atoms with Crippen LogP contribution >= 0.6 is 11.6 Å². The molecule has 5 heteroatoms. The van der Waals surface area contributed by atoms with E-state index in [9.17, 15) is 9.59 Å². The van der Waals surface area contributed by atoms with Crippen LogP contribution in [-0.4, -0.2) is 24.5 Å². The van der Waals surface area contributed by atoms with Gasteiger partial charge in [0.2, 0.25) is 0 Å². The molecule has 2 saturated carbocycles. The molecular formula is C20H26ClNO3. The van der Waals surface area contributed by atoms with Crippen molar-refractivity contribution in [2.75, 3.05) is 6.61 Å². The third kappa shape index (κ3) is 4.00. The van der Waals surface area contributed by atoms with Gasteiger partial charge in [0.15, 0.2) is 6.61 Å². The molecule has 25 heavy (non-hydrogen) atoms. The number of ether oxygens (including phenoxy) is 1. The molecule has 1 aromatic rings. The van der Waals surface area contributed by atoms with Crippen LogP contribution in [0.4, 0.5) is 0 Å². The lowest BCUT2D eigenvalue weighted by Gasteiger charge is -2.39. The Hall–Kier alpha value is -1.55. The summed E-state index contributed by atoms with van der Waals surface area (Å²) in [5.74, 6) is -0.00830. The monoisotopic (exact) mass is 363 g/mol. The van der Waals surface area contributed by atoms with E-state index in [0.29, 0.717) is 10.9 Å². The highest BCUT2D eigenvalue weighted by Gasteiger charge is 2.47. The SMILES string of the molecule is CC1CCCCC1NC(=O)COC(=O)C1(c2ccc(Cl)cc2)CCC1. The third-order valence-electron chi connectivity index (χ3n) is 5.79. The molecule has 0 radical (unpaired) electrons. The van der Waals surface area contributed by atoms with E-state index in [2.05, 4.69) is 12.2 Å². The van der Waals surface area contributed by atoms with Crippen molar-refractivity contribution in [2.45, 2.75) is 63.3 Å². The Morgan fingerprint density at radius 2 is 1.84 bits per heavy atom. The van der Waals surface area contributed by atoms with E-state index in [0.717, 1.165) is 44.1 Å². The van der Waals surface area contributed by atoms with Crippen LogP contribution in [0, 0.1) is 5.92 Å². The molecular weight excluding hydrogens is 338 g/mol. The van der Waals surface area contributed by atoms with Crippen molar-refractivity contribution in [3.05, 3.63) is 34.9 Å². The summed E-state index contributed by atoms with van der Waals surface area (Å²) in [6.45, 7) is 1.97. The summed E-state index contributed by atoms with van der Waals surface area (Å²) in [4.78, 5) is 24.8. The quantitative estimate of drug-likeness (QED) is 0.804. The minimum absolute atomic E-state index is 0.197. The first-order valence-electron chi connectivity index (χ1n) is 9.24. The van der Waals surface area contributed by atoms with E-state index in [1.54, 1.807) is 12.1 Å². The first kappa shape index (κ1) is 18.2. The largest absolute Gasteiger partial charge is 0.455 e. The van der Waals surface area contributed by atoms with Gasteiger partial charge in [-0.15, -0.1) is 0 Å². The molecule has 1 amide bonds. The Labute approximate surface area is 154 Å². The van der Waals surface area contributed by atoms with E-state index in [1.165, 1.54) is 6.42 Å². The van der Waals surface area contributed by atoms with Crippen LogP contribution in [0.5, 0.6) is 0 Å². The molecule has 4 nitrogen and oxygen atoms in total. The minimum Gasteiger partial charge on any atom is -0.455 e. The third-order valence-corrected chi connectivity index (χ3v) is 6.04. The van der Waals surface area contributed by atoms with Gasteiger partial charge < -0.3 is 10.1 Å². The van der Waals surface area contributed by atoms with Gasteiger partial charge in [-0.2, -0.15) is 0 Å². The number of esters is 1. The van der Waals surface area contributed by atoms with Crippen molar-refractivity contribution < 1.29 is 14.3 Å².